The number of pyridine rings is 1. The normalized spacial score (nSPS) is 21.2. The van der Waals surface area contributed by atoms with E-state index < -0.39 is 39.1 Å². The van der Waals surface area contributed by atoms with Crippen molar-refractivity contribution >= 4 is 45.0 Å². The Bertz CT molecular complexity index is 1710. The van der Waals surface area contributed by atoms with Crippen molar-refractivity contribution in [2.45, 2.75) is 77.3 Å². The van der Waals surface area contributed by atoms with E-state index in [0.717, 1.165) is 6.26 Å². The summed E-state index contributed by atoms with van der Waals surface area (Å²) in [7, 11) is -2.19. The Hall–Kier alpha value is -4.14. The lowest BCUT2D eigenvalue weighted by Crippen LogP contribution is -2.75. The zero-order chi connectivity index (χ0) is 33.6. The first-order valence-electron chi connectivity index (χ1n) is 14.4. The zero-order valence-electron chi connectivity index (χ0n) is 27.0. The van der Waals surface area contributed by atoms with Crippen molar-refractivity contribution in [1.82, 2.24) is 10.1 Å². The number of hydrogen-bond donors (Lipinski definition) is 3. The van der Waals surface area contributed by atoms with Gasteiger partial charge >= 0.3 is 16.1 Å². The molecule has 2 aromatic heterocycles. The fraction of sp³-hybridized carbons (Fsp3) is 0.452. The molecule has 0 bridgehead atoms. The number of likely N-dealkylation sites (tertiary alicyclic amines) is 1. The molecule has 242 valence electrons. The molecule has 3 heterocycles. The van der Waals surface area contributed by atoms with Crippen LogP contribution in [-0.2, 0) is 24.6 Å². The van der Waals surface area contributed by atoms with Crippen molar-refractivity contribution in [3.05, 3.63) is 65.7 Å². The topological polar surface area (TPSA) is 170 Å². The van der Waals surface area contributed by atoms with Crippen molar-refractivity contribution in [2.24, 2.45) is 0 Å². The second-order valence-corrected chi connectivity index (χ2v) is 15.2. The van der Waals surface area contributed by atoms with E-state index in [1.54, 1.807) is 71.1 Å². The highest BCUT2D eigenvalue weighted by atomic mass is 32.2. The maximum atomic E-state index is 13.4. The van der Waals surface area contributed by atoms with Crippen molar-refractivity contribution in [3.8, 4) is 0 Å². The molecule has 0 spiro atoms. The summed E-state index contributed by atoms with van der Waals surface area (Å²) in [6.07, 6.45) is 2.54. The smallest absolute Gasteiger partial charge is 0.324 e. The highest BCUT2D eigenvalue weighted by Crippen LogP contribution is 2.50. The molecule has 2 atom stereocenters. The molecule has 0 saturated carbocycles. The Morgan fingerprint density at radius 1 is 1.00 bits per heavy atom. The van der Waals surface area contributed by atoms with Gasteiger partial charge in [-0.1, -0.05) is 36.3 Å². The van der Waals surface area contributed by atoms with E-state index in [1.165, 1.54) is 12.3 Å². The number of hydroxylamine groups is 3. The molecule has 14 heteroatoms. The number of nitrogens with one attached hydrogen (secondary N) is 3. The Kier molecular flexibility index (Phi) is 8.74. The molecular weight excluding hydrogens is 600 g/mol. The Morgan fingerprint density at radius 2 is 1.60 bits per heavy atom. The lowest BCUT2D eigenvalue weighted by Gasteiger charge is -2.57. The predicted molar refractivity (Wildman–Crippen MR) is 169 cm³/mol. The number of carbonyl (C=O) groups is 3. The number of likely N-dealkylation sites (N-methyl/N-ethyl adjacent to an activating group) is 1. The van der Waals surface area contributed by atoms with E-state index >= 15 is 0 Å². The average Bonchev–Trinajstić information content (AvgIpc) is 3.37. The standard InChI is InChI=1S/C31H40N6O7S/c1-29(2,3)24-16-25(36-43-24)35-28(40)34-21-13-11-20(12-14-21)33-27(39)22-15-10-19(18-32-22)26-23(38)17-30(4,5)37(8,31(26,6)7)44-45(9,41)42/h10-16,18,26H,17H2,1-9H3,(H2-,32,33,34,35,36,39,40)/p+1. The van der Waals surface area contributed by atoms with Gasteiger partial charge in [-0.05, 0) is 63.6 Å². The molecule has 3 aromatic rings. The van der Waals surface area contributed by atoms with Crippen LogP contribution in [0.4, 0.5) is 22.0 Å². The fourth-order valence-corrected chi connectivity index (χ4v) is 6.61. The fourth-order valence-electron chi connectivity index (χ4n) is 5.67. The van der Waals surface area contributed by atoms with Crippen LogP contribution in [-0.4, -0.2) is 65.3 Å². The molecule has 0 radical (unpaired) electrons. The van der Waals surface area contributed by atoms with Gasteiger partial charge in [0.05, 0.1) is 12.7 Å². The lowest BCUT2D eigenvalue weighted by atomic mass is 9.69. The average molecular weight is 642 g/mol. The number of amides is 3. The third-order valence-corrected chi connectivity index (χ3v) is 8.99. The Morgan fingerprint density at radius 3 is 2.11 bits per heavy atom. The van der Waals surface area contributed by atoms with Gasteiger partial charge in [-0.3, -0.25) is 19.9 Å². The summed E-state index contributed by atoms with van der Waals surface area (Å²) in [5.41, 5.74) is -0.440. The van der Waals surface area contributed by atoms with Crippen molar-refractivity contribution in [1.29, 1.82) is 0 Å². The number of Topliss-reactive ketones (excluding diaryl/α,β-unsaturated/α-hetero) is 1. The molecule has 1 aliphatic rings. The van der Waals surface area contributed by atoms with Crippen LogP contribution in [0.2, 0.25) is 0 Å². The van der Waals surface area contributed by atoms with E-state index in [9.17, 15) is 22.8 Å². The first kappa shape index (κ1) is 33.7. The molecule has 1 saturated heterocycles. The second kappa shape index (κ2) is 11.7. The highest BCUT2D eigenvalue weighted by Gasteiger charge is 2.65. The van der Waals surface area contributed by atoms with E-state index in [0.29, 0.717) is 22.7 Å². The van der Waals surface area contributed by atoms with Gasteiger partial charge in [0.15, 0.2) is 11.6 Å². The number of piperidine rings is 1. The third kappa shape index (κ3) is 7.08. The molecule has 3 amide bonds. The Labute approximate surface area is 263 Å². The molecular formula is C31H41N6O7S+. The van der Waals surface area contributed by atoms with Gasteiger partial charge in [0.1, 0.15) is 35.5 Å². The Balaban J connectivity index is 1.42. The number of urea groups is 1. The highest BCUT2D eigenvalue weighted by molar-refractivity contribution is 7.85. The van der Waals surface area contributed by atoms with Gasteiger partial charge in [-0.2, -0.15) is 13.1 Å². The van der Waals surface area contributed by atoms with Crippen LogP contribution in [0.25, 0.3) is 0 Å². The van der Waals surface area contributed by atoms with E-state index in [4.69, 9.17) is 8.81 Å². The van der Waals surface area contributed by atoms with Crippen LogP contribution < -0.4 is 16.0 Å². The predicted octanol–water partition coefficient (Wildman–Crippen LogP) is 5.21. The summed E-state index contributed by atoms with van der Waals surface area (Å²) in [6, 6.07) is 10.8. The van der Waals surface area contributed by atoms with Gasteiger partial charge in [0, 0.05) is 29.1 Å². The summed E-state index contributed by atoms with van der Waals surface area (Å²) in [5.74, 6) is -0.356. The van der Waals surface area contributed by atoms with Crippen molar-refractivity contribution < 1.29 is 36.3 Å². The first-order chi connectivity index (χ1) is 20.6. The lowest BCUT2D eigenvalue weighted by molar-refractivity contribution is -1.14. The maximum absolute atomic E-state index is 13.4. The SMILES string of the molecule is CC(C)(C)c1cc(NC(=O)Nc2ccc(NC(=O)c3ccc(C4C(=O)CC(C)(C)[N+](C)(OS(C)(=O)=O)C4(C)C)cn3)cc2)no1. The van der Waals surface area contributed by atoms with E-state index in [1.807, 2.05) is 20.8 Å². The number of quaternary nitrogens is 1. The number of hydrogen-bond acceptors (Lipinski definition) is 9. The summed E-state index contributed by atoms with van der Waals surface area (Å²) < 4.78 is 35.0. The minimum atomic E-state index is -3.86. The molecule has 2 unspecified atom stereocenters. The number of nitrogens with zero attached hydrogens (tertiary/aromatic N) is 3. The third-order valence-electron chi connectivity index (χ3n) is 8.42. The number of anilines is 3. The van der Waals surface area contributed by atoms with Gasteiger partial charge in [-0.25, -0.2) is 4.79 Å². The number of ketones is 1. The van der Waals surface area contributed by atoms with E-state index in [-0.39, 0.29) is 33.8 Å². The number of benzene rings is 1. The molecule has 13 nitrogen and oxygen atoms in total. The summed E-state index contributed by atoms with van der Waals surface area (Å²) in [6.45, 7) is 13.1. The zero-order valence-corrected chi connectivity index (χ0v) is 27.8. The molecule has 1 fully saturated rings. The van der Waals surface area contributed by atoms with Crippen LogP contribution in [0.5, 0.6) is 0 Å². The molecule has 0 aliphatic carbocycles. The molecule has 3 N–H and O–H groups in total. The van der Waals surface area contributed by atoms with Crippen LogP contribution >= 0.6 is 0 Å². The molecule has 45 heavy (non-hydrogen) atoms. The number of aromatic nitrogens is 2. The molecule has 1 aliphatic heterocycles. The first-order valence-corrected chi connectivity index (χ1v) is 16.2. The van der Waals surface area contributed by atoms with Crippen molar-refractivity contribution in [3.63, 3.8) is 0 Å². The number of carbonyl (C=O) groups excluding carboxylic acids is 3. The monoisotopic (exact) mass is 641 g/mol. The van der Waals surface area contributed by atoms with Crippen LogP contribution in [0.3, 0.4) is 0 Å². The molecule has 4 rings (SSSR count). The van der Waals surface area contributed by atoms with Gasteiger partial charge < -0.3 is 15.2 Å². The molecule has 1 aromatic carbocycles. The van der Waals surface area contributed by atoms with Crippen LogP contribution in [0.1, 0.15) is 82.6 Å². The summed E-state index contributed by atoms with van der Waals surface area (Å²) in [4.78, 5) is 43.0. The second-order valence-electron chi connectivity index (χ2n) is 13.7. The van der Waals surface area contributed by atoms with Gasteiger partial charge in [0.2, 0.25) is 0 Å². The summed E-state index contributed by atoms with van der Waals surface area (Å²) in [5, 5.41) is 11.9. The van der Waals surface area contributed by atoms with Crippen LogP contribution in [0, 0.1) is 0 Å². The maximum Gasteiger partial charge on any atom is 0.324 e. The quantitative estimate of drug-likeness (QED) is 0.293. The minimum Gasteiger partial charge on any atom is -0.359 e. The van der Waals surface area contributed by atoms with Gasteiger partial charge in [-0.15, -0.1) is 0 Å². The number of rotatable bonds is 7. The van der Waals surface area contributed by atoms with E-state index in [2.05, 4.69) is 26.1 Å². The van der Waals surface area contributed by atoms with Crippen molar-refractivity contribution in [2.75, 3.05) is 29.3 Å². The largest absolute Gasteiger partial charge is 0.359 e. The van der Waals surface area contributed by atoms with Crippen LogP contribution in [0.15, 0.2) is 53.2 Å². The minimum absolute atomic E-state index is 0.0743. The summed E-state index contributed by atoms with van der Waals surface area (Å²) >= 11 is 0. The van der Waals surface area contributed by atoms with Gasteiger partial charge in [0.25, 0.3) is 5.91 Å².